The zero-order chi connectivity index (χ0) is 48.3. The summed E-state index contributed by atoms with van der Waals surface area (Å²) in [5.74, 6) is 2.00. The fraction of sp³-hybridized carbons (Fsp3) is 0.268. The van der Waals surface area contributed by atoms with E-state index in [1.807, 2.05) is 141 Å². The van der Waals surface area contributed by atoms with Gasteiger partial charge in [-0.3, -0.25) is 4.57 Å². The van der Waals surface area contributed by atoms with Crippen LogP contribution in [0.1, 0.15) is 73.5 Å². The monoisotopic (exact) mass is 945 g/mol. The van der Waals surface area contributed by atoms with Gasteiger partial charge in [0.15, 0.2) is 11.5 Å². The summed E-state index contributed by atoms with van der Waals surface area (Å²) < 4.78 is 52.5. The summed E-state index contributed by atoms with van der Waals surface area (Å²) >= 11 is 0. The van der Waals surface area contributed by atoms with Crippen molar-refractivity contribution in [1.29, 1.82) is 0 Å². The summed E-state index contributed by atoms with van der Waals surface area (Å²) in [5, 5.41) is 3.91. The lowest BCUT2D eigenvalue weighted by atomic mass is 9.77. The first-order chi connectivity index (χ1) is 33.6. The second kappa shape index (κ2) is 22.2. The molecule has 8 rings (SSSR count). The Balaban J connectivity index is 1.24. The quantitative estimate of drug-likeness (QED) is 0.0374. The normalized spacial score (nSPS) is 12.6. The van der Waals surface area contributed by atoms with Crippen LogP contribution in [0, 0.1) is 0 Å². The molecule has 0 aliphatic heterocycles. The second-order valence-electron chi connectivity index (χ2n) is 17.2. The molecule has 12 nitrogen and oxygen atoms in total. The van der Waals surface area contributed by atoms with Crippen LogP contribution >= 0.6 is 7.60 Å². The summed E-state index contributed by atoms with van der Waals surface area (Å²) in [6.45, 7) is 7.67. The Morgan fingerprint density at radius 3 is 1.51 bits per heavy atom. The minimum atomic E-state index is -3.59. The van der Waals surface area contributed by atoms with Gasteiger partial charge in [0.05, 0.1) is 45.4 Å². The van der Waals surface area contributed by atoms with E-state index in [1.54, 1.807) is 26.9 Å². The zero-order valence-electron chi connectivity index (χ0n) is 40.0. The molecule has 0 bridgehead atoms. The maximum atomic E-state index is 13.9. The van der Waals surface area contributed by atoms with Crippen molar-refractivity contribution in [3.63, 3.8) is 0 Å². The average molecular weight is 946 g/mol. The van der Waals surface area contributed by atoms with E-state index >= 15 is 0 Å². The standard InChI is InChI=1S/C56H60N5O7P/c1-41(2)67-69(62,68-42(3)4)40-65-36-35-49(37-66-56(46-23-15-9-16-24-46,47-25-17-10-18-26-47)48-29-33-51(64-6)34-30-48)61-39-59-52-53(57-38-58-54(52)61)60-55(43-19-11-7-12-20-43,44-21-13-8-14-22-44)45-27-31-50(63-5)32-28-45/h7-34,38-39,41-42,49H,35-37,40H2,1-6H3,(H,57,58,60). The van der Waals surface area contributed by atoms with Crippen molar-refractivity contribution in [2.45, 2.75) is 63.5 Å². The minimum absolute atomic E-state index is 0.171. The molecular weight excluding hydrogens is 886 g/mol. The number of fused-ring (bicyclic) bond motifs is 1. The van der Waals surface area contributed by atoms with E-state index in [9.17, 15) is 4.57 Å². The first kappa shape index (κ1) is 48.8. The van der Waals surface area contributed by atoms with Crippen LogP contribution in [0.4, 0.5) is 5.82 Å². The predicted octanol–water partition coefficient (Wildman–Crippen LogP) is 12.2. The minimum Gasteiger partial charge on any atom is -0.497 e. The molecule has 1 atom stereocenters. The van der Waals surface area contributed by atoms with E-state index in [-0.39, 0.29) is 31.8 Å². The van der Waals surface area contributed by atoms with Crippen LogP contribution in [0.3, 0.4) is 0 Å². The van der Waals surface area contributed by atoms with E-state index < -0.39 is 24.8 Å². The fourth-order valence-corrected chi connectivity index (χ4v) is 10.7. The molecule has 0 radical (unpaired) electrons. The molecule has 2 aromatic heterocycles. The van der Waals surface area contributed by atoms with Crippen molar-refractivity contribution in [2.75, 3.05) is 39.1 Å². The van der Waals surface area contributed by atoms with Crippen molar-refractivity contribution < 1.29 is 32.6 Å². The lowest BCUT2D eigenvalue weighted by molar-refractivity contribution is -0.0110. The highest BCUT2D eigenvalue weighted by atomic mass is 31.2. The Morgan fingerprint density at radius 1 is 0.580 bits per heavy atom. The van der Waals surface area contributed by atoms with E-state index in [4.69, 9.17) is 42.9 Å². The van der Waals surface area contributed by atoms with Gasteiger partial charge in [-0.25, -0.2) is 15.0 Å². The Kier molecular flexibility index (Phi) is 15.7. The summed E-state index contributed by atoms with van der Waals surface area (Å²) in [6.07, 6.45) is 2.89. The van der Waals surface area contributed by atoms with Gasteiger partial charge in [0.25, 0.3) is 0 Å². The molecule has 0 amide bonds. The molecule has 2 heterocycles. The lowest BCUT2D eigenvalue weighted by Gasteiger charge is -2.37. The van der Waals surface area contributed by atoms with Gasteiger partial charge in [-0.1, -0.05) is 146 Å². The van der Waals surface area contributed by atoms with Gasteiger partial charge in [0, 0.05) is 6.61 Å². The van der Waals surface area contributed by atoms with E-state index in [0.29, 0.717) is 23.4 Å². The molecule has 69 heavy (non-hydrogen) atoms. The van der Waals surface area contributed by atoms with Crippen LogP contribution in [0.15, 0.2) is 183 Å². The average Bonchev–Trinajstić information content (AvgIpc) is 3.82. The van der Waals surface area contributed by atoms with Crippen LogP contribution in [0.25, 0.3) is 11.2 Å². The number of hydrogen-bond acceptors (Lipinski definition) is 11. The number of ether oxygens (including phenoxy) is 4. The first-order valence-corrected chi connectivity index (χ1v) is 25.0. The number of nitrogens with zero attached hydrogens (tertiary/aromatic N) is 4. The Bertz CT molecular complexity index is 2790. The highest BCUT2D eigenvalue weighted by molar-refractivity contribution is 7.53. The number of anilines is 1. The summed E-state index contributed by atoms with van der Waals surface area (Å²) in [5.41, 5.74) is 4.88. The molecule has 0 aliphatic carbocycles. The van der Waals surface area contributed by atoms with Gasteiger partial charge in [0.2, 0.25) is 0 Å². The molecule has 6 aromatic carbocycles. The molecule has 13 heteroatoms. The summed E-state index contributed by atoms with van der Waals surface area (Å²) in [6, 6.07) is 56.7. The number of benzene rings is 6. The Hall–Kier alpha value is -6.66. The van der Waals surface area contributed by atoms with E-state index in [2.05, 4.69) is 66.0 Å². The number of methoxy groups -OCH3 is 2. The fourth-order valence-electron chi connectivity index (χ4n) is 8.89. The largest absolute Gasteiger partial charge is 0.497 e. The molecule has 356 valence electrons. The molecule has 0 aliphatic rings. The number of aromatic nitrogens is 4. The third kappa shape index (κ3) is 10.8. The molecule has 8 aromatic rings. The molecule has 0 spiro atoms. The van der Waals surface area contributed by atoms with Crippen LogP contribution in [-0.4, -0.2) is 65.5 Å². The third-order valence-corrected chi connectivity index (χ3v) is 13.9. The summed E-state index contributed by atoms with van der Waals surface area (Å²) in [4.78, 5) is 14.9. The highest BCUT2D eigenvalue weighted by Crippen LogP contribution is 2.51. The SMILES string of the molecule is COc1ccc(C(Nc2ncnc3c2ncn3C(CCOCP(=O)(OC(C)C)OC(C)C)COC(c2ccccc2)(c2ccccc2)c2ccc(OC)cc2)(c2ccccc2)c2ccccc2)cc1. The van der Waals surface area contributed by atoms with Gasteiger partial charge < -0.3 is 37.9 Å². The smallest absolute Gasteiger partial charge is 0.356 e. The van der Waals surface area contributed by atoms with Crippen LogP contribution in [0.5, 0.6) is 11.5 Å². The molecule has 0 saturated heterocycles. The van der Waals surface area contributed by atoms with Crippen molar-refractivity contribution in [1.82, 2.24) is 19.5 Å². The van der Waals surface area contributed by atoms with Gasteiger partial charge >= 0.3 is 7.60 Å². The van der Waals surface area contributed by atoms with Gasteiger partial charge in [-0.15, -0.1) is 0 Å². The van der Waals surface area contributed by atoms with Crippen LogP contribution in [-0.2, 0) is 34.2 Å². The zero-order valence-corrected chi connectivity index (χ0v) is 40.9. The second-order valence-corrected chi connectivity index (χ2v) is 19.1. The summed E-state index contributed by atoms with van der Waals surface area (Å²) in [7, 11) is -0.265. The van der Waals surface area contributed by atoms with Gasteiger partial charge in [0.1, 0.15) is 40.8 Å². The predicted molar refractivity (Wildman–Crippen MR) is 271 cm³/mol. The van der Waals surface area contributed by atoms with Crippen LogP contribution < -0.4 is 14.8 Å². The number of rotatable bonds is 23. The number of hydrogen-bond donors (Lipinski definition) is 1. The van der Waals surface area contributed by atoms with E-state index in [1.165, 1.54) is 0 Å². The van der Waals surface area contributed by atoms with Crippen molar-refractivity contribution >= 4 is 24.6 Å². The molecule has 1 N–H and O–H groups in total. The van der Waals surface area contributed by atoms with Crippen molar-refractivity contribution in [3.05, 3.63) is 216 Å². The highest BCUT2D eigenvalue weighted by Gasteiger charge is 2.40. The third-order valence-electron chi connectivity index (χ3n) is 11.9. The van der Waals surface area contributed by atoms with Crippen molar-refractivity contribution in [3.8, 4) is 11.5 Å². The van der Waals surface area contributed by atoms with Crippen LogP contribution in [0.2, 0.25) is 0 Å². The number of nitrogens with one attached hydrogen (secondary N) is 1. The topological polar surface area (TPSA) is 128 Å². The molecular formula is C56H60N5O7P. The van der Waals surface area contributed by atoms with E-state index in [0.717, 1.165) is 44.9 Å². The molecule has 1 unspecified atom stereocenters. The molecule has 0 saturated carbocycles. The Morgan fingerprint density at radius 2 is 1.03 bits per heavy atom. The molecule has 0 fully saturated rings. The lowest BCUT2D eigenvalue weighted by Crippen LogP contribution is -2.38. The van der Waals surface area contributed by atoms with Gasteiger partial charge in [-0.2, -0.15) is 0 Å². The van der Waals surface area contributed by atoms with Gasteiger partial charge in [-0.05, 0) is 91.8 Å². The first-order valence-electron chi connectivity index (χ1n) is 23.2. The maximum absolute atomic E-state index is 13.9. The maximum Gasteiger partial charge on any atom is 0.356 e. The number of imidazole rings is 1. The van der Waals surface area contributed by atoms with Crippen molar-refractivity contribution in [2.24, 2.45) is 0 Å². The Labute approximate surface area is 405 Å².